The van der Waals surface area contributed by atoms with Crippen LogP contribution < -0.4 is 5.32 Å². The molecule has 1 aliphatic heterocycles. The zero-order valence-corrected chi connectivity index (χ0v) is 17.2. The van der Waals surface area contributed by atoms with E-state index in [1.807, 2.05) is 37.8 Å². The first-order chi connectivity index (χ1) is 13.8. The van der Waals surface area contributed by atoms with E-state index < -0.39 is 11.8 Å². The summed E-state index contributed by atoms with van der Waals surface area (Å²) < 4.78 is 13.4. The fourth-order valence-electron chi connectivity index (χ4n) is 3.80. The fourth-order valence-corrected chi connectivity index (χ4v) is 3.80. The van der Waals surface area contributed by atoms with Crippen molar-refractivity contribution >= 4 is 17.6 Å². The number of amides is 3. The number of hydrogen-bond donors (Lipinski definition) is 1. The van der Waals surface area contributed by atoms with Crippen molar-refractivity contribution in [1.29, 1.82) is 0 Å². The van der Waals surface area contributed by atoms with Crippen molar-refractivity contribution in [3.63, 3.8) is 0 Å². The summed E-state index contributed by atoms with van der Waals surface area (Å²) in [6.07, 6.45) is 0.811. The molecule has 0 aromatic heterocycles. The molecule has 1 atom stereocenters. The molecule has 0 saturated carbocycles. The molecule has 1 unspecified atom stereocenters. The molecule has 2 aromatic carbocycles. The Morgan fingerprint density at radius 1 is 1.21 bits per heavy atom. The third kappa shape index (κ3) is 5.13. The van der Waals surface area contributed by atoms with Crippen LogP contribution in [-0.2, 0) is 11.2 Å². The molecule has 0 fully saturated rings. The molecule has 5 nitrogen and oxygen atoms in total. The lowest BCUT2D eigenvalue weighted by atomic mass is 9.93. The average Bonchev–Trinajstić information content (AvgIpc) is 2.67. The van der Waals surface area contributed by atoms with Crippen LogP contribution in [0.1, 0.15) is 37.9 Å². The highest BCUT2D eigenvalue weighted by Crippen LogP contribution is 2.29. The molecule has 1 heterocycles. The standard InChI is InChI=1S/C23H28FN3O2/c1-16(2)14-26(23(29)25-20-9-6-8-19(24)13-20)15-22(28)27-12-11-18-7-4-5-10-21(18)17(27)3/h4-10,13,16-17H,11-12,14-15H2,1-3H3,(H,25,29). The monoisotopic (exact) mass is 397 g/mol. The van der Waals surface area contributed by atoms with Gasteiger partial charge in [-0.25, -0.2) is 9.18 Å². The maximum absolute atomic E-state index is 13.4. The Morgan fingerprint density at radius 3 is 2.69 bits per heavy atom. The van der Waals surface area contributed by atoms with Crippen LogP contribution >= 0.6 is 0 Å². The minimum atomic E-state index is -0.421. The SMILES string of the molecule is CC(C)CN(CC(=O)N1CCc2ccccc2C1C)C(=O)Nc1cccc(F)c1. The predicted octanol–water partition coefficient (Wildman–Crippen LogP) is 4.46. The first kappa shape index (κ1) is 20.8. The molecule has 0 saturated heterocycles. The van der Waals surface area contributed by atoms with E-state index >= 15 is 0 Å². The summed E-state index contributed by atoms with van der Waals surface area (Å²) in [4.78, 5) is 29.2. The zero-order chi connectivity index (χ0) is 21.0. The minimum Gasteiger partial charge on any atom is -0.334 e. The molecule has 0 aliphatic carbocycles. The van der Waals surface area contributed by atoms with Gasteiger partial charge in [-0.1, -0.05) is 44.2 Å². The molecule has 0 radical (unpaired) electrons. The van der Waals surface area contributed by atoms with Crippen molar-refractivity contribution in [2.45, 2.75) is 33.2 Å². The second kappa shape index (κ2) is 9.07. The lowest BCUT2D eigenvalue weighted by Crippen LogP contribution is -2.48. The maximum Gasteiger partial charge on any atom is 0.322 e. The number of nitrogens with zero attached hydrogens (tertiary/aromatic N) is 2. The van der Waals surface area contributed by atoms with E-state index in [-0.39, 0.29) is 24.4 Å². The summed E-state index contributed by atoms with van der Waals surface area (Å²) in [7, 11) is 0. The number of fused-ring (bicyclic) bond motifs is 1. The van der Waals surface area contributed by atoms with E-state index in [9.17, 15) is 14.0 Å². The van der Waals surface area contributed by atoms with Crippen molar-refractivity contribution in [3.05, 3.63) is 65.5 Å². The summed E-state index contributed by atoms with van der Waals surface area (Å²) in [5, 5.41) is 2.70. The summed E-state index contributed by atoms with van der Waals surface area (Å²) in [5.41, 5.74) is 2.80. The van der Waals surface area contributed by atoms with Gasteiger partial charge < -0.3 is 15.1 Å². The average molecular weight is 397 g/mol. The first-order valence-electron chi connectivity index (χ1n) is 10.0. The lowest BCUT2D eigenvalue weighted by molar-refractivity contribution is -0.134. The minimum absolute atomic E-state index is 0.00810. The van der Waals surface area contributed by atoms with Gasteiger partial charge in [0, 0.05) is 18.8 Å². The Kier molecular flexibility index (Phi) is 6.52. The Hall–Kier alpha value is -2.89. The molecule has 3 amide bonds. The van der Waals surface area contributed by atoms with Crippen LogP contribution in [0.4, 0.5) is 14.9 Å². The van der Waals surface area contributed by atoms with Gasteiger partial charge in [-0.05, 0) is 48.6 Å². The molecule has 0 bridgehead atoms. The number of benzene rings is 2. The number of urea groups is 1. The number of halogens is 1. The van der Waals surface area contributed by atoms with Gasteiger partial charge in [0.2, 0.25) is 5.91 Å². The van der Waals surface area contributed by atoms with Crippen LogP contribution in [0.15, 0.2) is 48.5 Å². The van der Waals surface area contributed by atoms with E-state index in [1.54, 1.807) is 6.07 Å². The van der Waals surface area contributed by atoms with E-state index in [2.05, 4.69) is 17.4 Å². The molecule has 1 aliphatic rings. The van der Waals surface area contributed by atoms with Crippen LogP contribution in [0.5, 0.6) is 0 Å². The van der Waals surface area contributed by atoms with Gasteiger partial charge in [0.15, 0.2) is 0 Å². The van der Waals surface area contributed by atoms with Crippen LogP contribution in [-0.4, -0.2) is 41.4 Å². The highest BCUT2D eigenvalue weighted by molar-refractivity contribution is 5.92. The molecule has 2 aromatic rings. The van der Waals surface area contributed by atoms with Crippen molar-refractivity contribution < 1.29 is 14.0 Å². The second-order valence-electron chi connectivity index (χ2n) is 7.93. The molecule has 29 heavy (non-hydrogen) atoms. The number of carbonyl (C=O) groups excluding carboxylic acids is 2. The largest absolute Gasteiger partial charge is 0.334 e. The fraction of sp³-hybridized carbons (Fsp3) is 0.391. The van der Waals surface area contributed by atoms with Crippen LogP contribution in [0.3, 0.4) is 0 Å². The van der Waals surface area contributed by atoms with Gasteiger partial charge >= 0.3 is 6.03 Å². The first-order valence-corrected chi connectivity index (χ1v) is 10.0. The van der Waals surface area contributed by atoms with Gasteiger partial charge in [-0.15, -0.1) is 0 Å². The van der Waals surface area contributed by atoms with Crippen LogP contribution in [0.2, 0.25) is 0 Å². The van der Waals surface area contributed by atoms with Crippen molar-refractivity contribution in [2.75, 3.05) is 25.0 Å². The van der Waals surface area contributed by atoms with Gasteiger partial charge in [0.1, 0.15) is 12.4 Å². The molecule has 0 spiro atoms. The summed E-state index contributed by atoms with van der Waals surface area (Å²) >= 11 is 0. The van der Waals surface area contributed by atoms with Crippen LogP contribution in [0.25, 0.3) is 0 Å². The van der Waals surface area contributed by atoms with Crippen molar-refractivity contribution in [3.8, 4) is 0 Å². The van der Waals surface area contributed by atoms with E-state index in [4.69, 9.17) is 0 Å². The highest BCUT2D eigenvalue weighted by atomic mass is 19.1. The molecule has 154 valence electrons. The third-order valence-corrected chi connectivity index (χ3v) is 5.19. The summed E-state index contributed by atoms with van der Waals surface area (Å²) in [5.74, 6) is -0.308. The Balaban J connectivity index is 1.71. The number of rotatable bonds is 5. The topological polar surface area (TPSA) is 52.7 Å². The van der Waals surface area contributed by atoms with E-state index in [0.717, 1.165) is 12.0 Å². The smallest absolute Gasteiger partial charge is 0.322 e. The van der Waals surface area contributed by atoms with Gasteiger partial charge in [-0.2, -0.15) is 0 Å². The summed E-state index contributed by atoms with van der Waals surface area (Å²) in [6.45, 7) is 7.07. The van der Waals surface area contributed by atoms with Crippen molar-refractivity contribution in [2.24, 2.45) is 5.92 Å². The number of hydrogen-bond acceptors (Lipinski definition) is 2. The van der Waals surface area contributed by atoms with E-state index in [0.29, 0.717) is 18.8 Å². The quantitative estimate of drug-likeness (QED) is 0.810. The van der Waals surface area contributed by atoms with Gasteiger partial charge in [0.05, 0.1) is 6.04 Å². The second-order valence-corrected chi connectivity index (χ2v) is 7.93. The molecule has 1 N–H and O–H groups in total. The highest BCUT2D eigenvalue weighted by Gasteiger charge is 2.29. The third-order valence-electron chi connectivity index (χ3n) is 5.19. The number of carbonyl (C=O) groups is 2. The molecule has 6 heteroatoms. The normalized spacial score (nSPS) is 15.8. The Morgan fingerprint density at radius 2 is 1.97 bits per heavy atom. The lowest BCUT2D eigenvalue weighted by Gasteiger charge is -2.37. The molecular weight excluding hydrogens is 369 g/mol. The van der Waals surface area contributed by atoms with Crippen molar-refractivity contribution in [1.82, 2.24) is 9.80 Å². The van der Waals surface area contributed by atoms with Crippen LogP contribution in [0, 0.1) is 11.7 Å². The van der Waals surface area contributed by atoms with Gasteiger partial charge in [0.25, 0.3) is 0 Å². The van der Waals surface area contributed by atoms with E-state index in [1.165, 1.54) is 28.7 Å². The Bertz CT molecular complexity index is 884. The number of anilines is 1. The zero-order valence-electron chi connectivity index (χ0n) is 17.2. The number of nitrogens with one attached hydrogen (secondary N) is 1. The summed E-state index contributed by atoms with van der Waals surface area (Å²) in [6, 6.07) is 13.5. The molecular formula is C23H28FN3O2. The molecule has 3 rings (SSSR count). The maximum atomic E-state index is 13.4. The van der Waals surface area contributed by atoms with Gasteiger partial charge in [-0.3, -0.25) is 4.79 Å². The Labute approximate surface area is 171 Å². The predicted molar refractivity (Wildman–Crippen MR) is 112 cm³/mol.